The van der Waals surface area contributed by atoms with Crippen LogP contribution in [0.3, 0.4) is 0 Å². The Labute approximate surface area is 173 Å². The molecule has 1 N–H and O–H groups in total. The fraction of sp³-hybridized carbons (Fsp3) is 0.211. The van der Waals surface area contributed by atoms with E-state index in [0.29, 0.717) is 17.1 Å². The summed E-state index contributed by atoms with van der Waals surface area (Å²) in [7, 11) is 2.33. The molecule has 0 aliphatic rings. The van der Waals surface area contributed by atoms with E-state index in [4.69, 9.17) is 13.9 Å². The lowest BCUT2D eigenvalue weighted by molar-refractivity contribution is 0.102. The van der Waals surface area contributed by atoms with Gasteiger partial charge < -0.3 is 13.9 Å². The second-order valence-corrected chi connectivity index (χ2v) is 8.40. The van der Waals surface area contributed by atoms with E-state index in [-0.39, 0.29) is 22.4 Å². The Kier molecular flexibility index (Phi) is 6.04. The van der Waals surface area contributed by atoms with Crippen molar-refractivity contribution in [2.75, 3.05) is 33.6 Å². The first-order valence-corrected chi connectivity index (χ1v) is 10.1. The van der Waals surface area contributed by atoms with Gasteiger partial charge in [-0.25, -0.2) is 12.7 Å². The van der Waals surface area contributed by atoms with Crippen LogP contribution in [-0.4, -0.2) is 57.1 Å². The summed E-state index contributed by atoms with van der Waals surface area (Å²) in [5.74, 6) is 0.700. The molecule has 0 radical (unpaired) electrons. The van der Waals surface area contributed by atoms with E-state index in [0.717, 1.165) is 4.31 Å². The summed E-state index contributed by atoms with van der Waals surface area (Å²) < 4.78 is 41.2. The second-order valence-electron chi connectivity index (χ2n) is 6.25. The number of nitrogens with one attached hydrogen (secondary N) is 1. The average Bonchev–Trinajstić information content (AvgIpc) is 3.21. The normalized spacial score (nSPS) is 11.4. The van der Waals surface area contributed by atoms with Gasteiger partial charge in [-0.15, -0.1) is 5.10 Å². The van der Waals surface area contributed by atoms with Gasteiger partial charge in [0.25, 0.3) is 5.91 Å². The number of anilines is 1. The highest BCUT2D eigenvalue weighted by Crippen LogP contribution is 2.32. The number of sulfonamides is 1. The molecule has 0 aliphatic heterocycles. The maximum Gasteiger partial charge on any atom is 0.322 e. The van der Waals surface area contributed by atoms with Gasteiger partial charge >= 0.3 is 6.01 Å². The predicted octanol–water partition coefficient (Wildman–Crippen LogP) is 2.26. The van der Waals surface area contributed by atoms with Crippen molar-refractivity contribution in [1.29, 1.82) is 0 Å². The third kappa shape index (κ3) is 4.26. The van der Waals surface area contributed by atoms with Crippen LogP contribution < -0.4 is 14.8 Å². The first-order chi connectivity index (χ1) is 14.3. The van der Waals surface area contributed by atoms with E-state index in [2.05, 4.69) is 15.5 Å². The minimum atomic E-state index is -3.57. The monoisotopic (exact) mass is 432 g/mol. The van der Waals surface area contributed by atoms with E-state index >= 15 is 0 Å². The minimum absolute atomic E-state index is 0.0811. The highest BCUT2D eigenvalue weighted by molar-refractivity contribution is 7.89. The Morgan fingerprint density at radius 2 is 1.67 bits per heavy atom. The van der Waals surface area contributed by atoms with Crippen molar-refractivity contribution >= 4 is 21.9 Å². The summed E-state index contributed by atoms with van der Waals surface area (Å²) in [4.78, 5) is 12.5. The Morgan fingerprint density at radius 1 is 1.00 bits per heavy atom. The number of aromatic nitrogens is 2. The lowest BCUT2D eigenvalue weighted by Crippen LogP contribution is -2.22. The maximum atomic E-state index is 12.4. The van der Waals surface area contributed by atoms with Crippen molar-refractivity contribution in [3.05, 3.63) is 48.0 Å². The zero-order valence-corrected chi connectivity index (χ0v) is 17.6. The van der Waals surface area contributed by atoms with Crippen LogP contribution in [0.4, 0.5) is 6.01 Å². The van der Waals surface area contributed by atoms with Crippen LogP contribution in [0.2, 0.25) is 0 Å². The molecule has 30 heavy (non-hydrogen) atoms. The van der Waals surface area contributed by atoms with Gasteiger partial charge in [0.05, 0.1) is 19.1 Å². The largest absolute Gasteiger partial charge is 0.493 e. The number of nitrogens with zero attached hydrogens (tertiary/aromatic N) is 3. The van der Waals surface area contributed by atoms with E-state index in [1.807, 2.05) is 0 Å². The van der Waals surface area contributed by atoms with Gasteiger partial charge in [0.1, 0.15) is 0 Å². The third-order valence-corrected chi connectivity index (χ3v) is 6.00. The van der Waals surface area contributed by atoms with Gasteiger partial charge in [-0.3, -0.25) is 10.1 Å². The molecular formula is C19H20N4O6S. The molecule has 1 aromatic heterocycles. The number of carbonyl (C=O) groups excluding carboxylic acids is 1. The SMILES string of the molecule is COc1ccc(-c2nnc(NC(=O)c3ccc(S(=O)(=O)N(C)C)cc3)o2)cc1OC. The number of carbonyl (C=O) groups is 1. The van der Waals surface area contributed by atoms with Gasteiger partial charge in [0.15, 0.2) is 11.5 Å². The highest BCUT2D eigenvalue weighted by Gasteiger charge is 2.19. The van der Waals surface area contributed by atoms with Crippen molar-refractivity contribution < 1.29 is 27.1 Å². The molecule has 11 heteroatoms. The molecule has 0 fully saturated rings. The minimum Gasteiger partial charge on any atom is -0.493 e. The number of methoxy groups -OCH3 is 2. The molecule has 3 aromatic rings. The summed E-state index contributed by atoms with van der Waals surface area (Å²) in [5, 5.41) is 10.2. The van der Waals surface area contributed by atoms with Crippen molar-refractivity contribution in [3.63, 3.8) is 0 Å². The molecular weight excluding hydrogens is 412 g/mol. The number of rotatable bonds is 7. The van der Waals surface area contributed by atoms with E-state index in [1.54, 1.807) is 18.2 Å². The van der Waals surface area contributed by atoms with Crippen molar-refractivity contribution in [1.82, 2.24) is 14.5 Å². The fourth-order valence-electron chi connectivity index (χ4n) is 2.52. The van der Waals surface area contributed by atoms with Crippen molar-refractivity contribution in [2.45, 2.75) is 4.90 Å². The van der Waals surface area contributed by atoms with Gasteiger partial charge in [0.2, 0.25) is 15.9 Å². The van der Waals surface area contributed by atoms with Gasteiger partial charge in [-0.1, -0.05) is 5.10 Å². The van der Waals surface area contributed by atoms with Crippen LogP contribution in [0.1, 0.15) is 10.4 Å². The molecule has 1 heterocycles. The third-order valence-electron chi connectivity index (χ3n) is 4.17. The Bertz CT molecular complexity index is 1160. The predicted molar refractivity (Wildman–Crippen MR) is 108 cm³/mol. The quantitative estimate of drug-likeness (QED) is 0.603. The molecule has 1 amide bonds. The van der Waals surface area contributed by atoms with E-state index in [9.17, 15) is 13.2 Å². The molecule has 0 spiro atoms. The smallest absolute Gasteiger partial charge is 0.322 e. The molecule has 0 unspecified atom stereocenters. The zero-order valence-electron chi connectivity index (χ0n) is 16.7. The number of benzene rings is 2. The van der Waals surface area contributed by atoms with Crippen LogP contribution in [0.5, 0.6) is 11.5 Å². The molecule has 2 aromatic carbocycles. The number of amides is 1. The van der Waals surface area contributed by atoms with Gasteiger partial charge in [0, 0.05) is 25.2 Å². The van der Waals surface area contributed by atoms with Crippen LogP contribution in [0, 0.1) is 0 Å². The molecule has 3 rings (SSSR count). The summed E-state index contributed by atoms with van der Waals surface area (Å²) in [6, 6.07) is 10.5. The molecule has 158 valence electrons. The Balaban J connectivity index is 1.75. The summed E-state index contributed by atoms with van der Waals surface area (Å²) in [5.41, 5.74) is 0.817. The Morgan fingerprint density at radius 3 is 2.27 bits per heavy atom. The average molecular weight is 432 g/mol. The Hall–Kier alpha value is -3.44. The van der Waals surface area contributed by atoms with E-state index in [1.165, 1.54) is 52.6 Å². The summed E-state index contributed by atoms with van der Waals surface area (Å²) >= 11 is 0. The first kappa shape index (κ1) is 21.3. The van der Waals surface area contributed by atoms with Crippen LogP contribution >= 0.6 is 0 Å². The van der Waals surface area contributed by atoms with Crippen LogP contribution in [-0.2, 0) is 10.0 Å². The fourth-order valence-corrected chi connectivity index (χ4v) is 3.42. The van der Waals surface area contributed by atoms with Gasteiger partial charge in [-0.2, -0.15) is 0 Å². The summed E-state index contributed by atoms with van der Waals surface area (Å²) in [6.45, 7) is 0. The van der Waals surface area contributed by atoms with Gasteiger partial charge in [-0.05, 0) is 42.5 Å². The number of ether oxygens (including phenoxy) is 2. The first-order valence-electron chi connectivity index (χ1n) is 8.66. The van der Waals surface area contributed by atoms with Crippen molar-refractivity contribution in [3.8, 4) is 23.0 Å². The highest BCUT2D eigenvalue weighted by atomic mass is 32.2. The molecule has 0 saturated heterocycles. The molecule has 0 bridgehead atoms. The van der Waals surface area contributed by atoms with Crippen LogP contribution in [0.15, 0.2) is 51.8 Å². The second kappa shape index (κ2) is 8.51. The lowest BCUT2D eigenvalue weighted by atomic mass is 10.2. The topological polar surface area (TPSA) is 124 Å². The lowest BCUT2D eigenvalue weighted by Gasteiger charge is -2.11. The van der Waals surface area contributed by atoms with E-state index < -0.39 is 15.9 Å². The number of hydrogen-bond donors (Lipinski definition) is 1. The standard InChI is InChI=1S/C19H20N4O6S/c1-23(2)30(25,26)14-8-5-12(6-9-14)17(24)20-19-22-21-18(29-19)13-7-10-15(27-3)16(11-13)28-4/h5-11H,1-4H3,(H,20,22,24). The van der Waals surface area contributed by atoms with Crippen molar-refractivity contribution in [2.24, 2.45) is 0 Å². The molecule has 0 saturated carbocycles. The summed E-state index contributed by atoms with van der Waals surface area (Å²) in [6.07, 6.45) is 0. The zero-order chi connectivity index (χ0) is 21.9. The molecule has 0 atom stereocenters. The van der Waals surface area contributed by atoms with Crippen LogP contribution in [0.25, 0.3) is 11.5 Å². The maximum absolute atomic E-state index is 12.4. The molecule has 10 nitrogen and oxygen atoms in total. The molecule has 0 aliphatic carbocycles. The number of hydrogen-bond acceptors (Lipinski definition) is 8.